The maximum Gasteiger partial charge on any atom is 0.356 e. The van der Waals surface area contributed by atoms with Crippen LogP contribution in [0.1, 0.15) is 40.4 Å². The molecule has 1 atom stereocenters. The number of carbonyl (C=O) groups is 1. The molecule has 1 aliphatic rings. The molecule has 0 bridgehead atoms. The van der Waals surface area contributed by atoms with Crippen LogP contribution in [0.3, 0.4) is 0 Å². The number of fused-ring (bicyclic) bond motifs is 1. The predicted molar refractivity (Wildman–Crippen MR) is 71.3 cm³/mol. The van der Waals surface area contributed by atoms with Gasteiger partial charge in [-0.15, -0.1) is 0 Å². The van der Waals surface area contributed by atoms with Crippen LogP contribution in [-0.2, 0) is 13.0 Å². The molecule has 0 amide bonds. The van der Waals surface area contributed by atoms with Gasteiger partial charge in [0.05, 0.1) is 6.33 Å². The van der Waals surface area contributed by atoms with Crippen LogP contribution in [0.15, 0.2) is 36.8 Å². The van der Waals surface area contributed by atoms with Crippen molar-refractivity contribution in [2.75, 3.05) is 0 Å². The van der Waals surface area contributed by atoms with Crippen LogP contribution in [0.2, 0.25) is 0 Å². The summed E-state index contributed by atoms with van der Waals surface area (Å²) >= 11 is 0. The zero-order valence-corrected chi connectivity index (χ0v) is 10.6. The number of hydrogen-bond acceptors (Lipinski definition) is 2. The minimum Gasteiger partial charge on any atom is -0.476 e. The van der Waals surface area contributed by atoms with Crippen molar-refractivity contribution in [3.63, 3.8) is 0 Å². The lowest BCUT2D eigenvalue weighted by Gasteiger charge is -2.25. The summed E-state index contributed by atoms with van der Waals surface area (Å²) in [5, 5.41) is 8.89. The summed E-state index contributed by atoms with van der Waals surface area (Å²) in [5.74, 6) is -0.511. The predicted octanol–water partition coefficient (Wildman–Crippen LogP) is 2.70. The van der Waals surface area contributed by atoms with E-state index in [9.17, 15) is 4.79 Å². The van der Waals surface area contributed by atoms with E-state index in [0.29, 0.717) is 5.92 Å². The molecule has 98 valence electrons. The van der Waals surface area contributed by atoms with Crippen molar-refractivity contribution in [3.8, 4) is 0 Å². The fraction of sp³-hybridized carbons (Fsp3) is 0.333. The van der Waals surface area contributed by atoms with Crippen LogP contribution >= 0.6 is 0 Å². The molecule has 1 N–H and O–H groups in total. The summed E-state index contributed by atoms with van der Waals surface area (Å²) in [5.41, 5.74) is 2.95. The van der Waals surface area contributed by atoms with Gasteiger partial charge < -0.3 is 9.67 Å². The second-order valence-electron chi connectivity index (χ2n) is 5.05. The molecule has 0 saturated heterocycles. The number of carboxylic acids is 1. The molecule has 1 aliphatic carbocycles. The molecule has 3 rings (SSSR count). The summed E-state index contributed by atoms with van der Waals surface area (Å²) in [4.78, 5) is 14.7. The Balaban J connectivity index is 1.82. The third kappa shape index (κ3) is 2.38. The van der Waals surface area contributed by atoms with Crippen molar-refractivity contribution in [1.29, 1.82) is 0 Å². The Kier molecular flexibility index (Phi) is 3.07. The molecule has 0 fully saturated rings. The van der Waals surface area contributed by atoms with E-state index >= 15 is 0 Å². The van der Waals surface area contributed by atoms with E-state index in [1.807, 2.05) is 4.57 Å². The highest BCUT2D eigenvalue weighted by Gasteiger charge is 2.20. The minimum atomic E-state index is -0.970. The molecule has 0 saturated carbocycles. The third-order valence-corrected chi connectivity index (χ3v) is 3.78. The van der Waals surface area contributed by atoms with E-state index in [-0.39, 0.29) is 5.69 Å². The van der Waals surface area contributed by atoms with Gasteiger partial charge in [-0.25, -0.2) is 9.78 Å². The number of aromatic carboxylic acids is 1. The third-order valence-electron chi connectivity index (χ3n) is 3.78. The first-order valence-corrected chi connectivity index (χ1v) is 6.57. The highest BCUT2D eigenvalue weighted by Crippen LogP contribution is 2.32. The summed E-state index contributed by atoms with van der Waals surface area (Å²) in [6, 6.07) is 8.54. The van der Waals surface area contributed by atoms with Gasteiger partial charge in [0.1, 0.15) is 0 Å². The van der Waals surface area contributed by atoms with Gasteiger partial charge in [0.15, 0.2) is 5.69 Å². The van der Waals surface area contributed by atoms with Gasteiger partial charge in [-0.3, -0.25) is 0 Å². The molecule has 4 heteroatoms. The van der Waals surface area contributed by atoms with Gasteiger partial charge in [0.2, 0.25) is 0 Å². The molecule has 0 aliphatic heterocycles. The summed E-state index contributed by atoms with van der Waals surface area (Å²) < 4.78 is 1.89. The Labute approximate surface area is 111 Å². The minimum absolute atomic E-state index is 0.115. The number of aryl methyl sites for hydroxylation is 1. The Hall–Kier alpha value is -2.10. The van der Waals surface area contributed by atoms with Gasteiger partial charge in [-0.1, -0.05) is 24.3 Å². The van der Waals surface area contributed by atoms with Crippen molar-refractivity contribution >= 4 is 5.97 Å². The Morgan fingerprint density at radius 3 is 3.05 bits per heavy atom. The molecule has 1 heterocycles. The van der Waals surface area contributed by atoms with E-state index < -0.39 is 5.97 Å². The van der Waals surface area contributed by atoms with Crippen molar-refractivity contribution in [2.24, 2.45) is 0 Å². The molecule has 1 unspecified atom stereocenters. The highest BCUT2D eigenvalue weighted by atomic mass is 16.4. The number of rotatable bonds is 3. The van der Waals surface area contributed by atoms with Crippen molar-refractivity contribution in [3.05, 3.63) is 53.6 Å². The lowest BCUT2D eigenvalue weighted by Crippen LogP contribution is -2.14. The van der Waals surface area contributed by atoms with Crippen LogP contribution < -0.4 is 0 Å². The number of aromatic nitrogens is 2. The van der Waals surface area contributed by atoms with Crippen LogP contribution in [0.4, 0.5) is 0 Å². The van der Waals surface area contributed by atoms with Crippen LogP contribution in [0, 0.1) is 0 Å². The molecule has 1 aromatic carbocycles. The summed E-state index contributed by atoms with van der Waals surface area (Å²) in [7, 11) is 0. The van der Waals surface area contributed by atoms with Crippen LogP contribution in [0.5, 0.6) is 0 Å². The van der Waals surface area contributed by atoms with E-state index in [1.165, 1.54) is 17.5 Å². The van der Waals surface area contributed by atoms with Crippen molar-refractivity contribution in [1.82, 2.24) is 9.55 Å². The van der Waals surface area contributed by atoms with E-state index in [2.05, 4.69) is 29.2 Å². The Bertz CT molecular complexity index is 604. The van der Waals surface area contributed by atoms with E-state index in [1.54, 1.807) is 12.5 Å². The first-order valence-electron chi connectivity index (χ1n) is 6.57. The molecular weight excluding hydrogens is 240 g/mol. The number of hydrogen-bond donors (Lipinski definition) is 1. The fourth-order valence-electron chi connectivity index (χ4n) is 2.87. The zero-order valence-electron chi connectivity index (χ0n) is 10.6. The molecular formula is C15H16N2O2. The monoisotopic (exact) mass is 256 g/mol. The average Bonchev–Trinajstić information content (AvgIpc) is 2.88. The molecule has 0 radical (unpaired) electrons. The lowest BCUT2D eigenvalue weighted by molar-refractivity contribution is 0.0691. The largest absolute Gasteiger partial charge is 0.476 e. The lowest BCUT2D eigenvalue weighted by atomic mass is 9.83. The normalized spacial score (nSPS) is 18.0. The van der Waals surface area contributed by atoms with Crippen LogP contribution in [-0.4, -0.2) is 20.6 Å². The average molecular weight is 256 g/mol. The maximum absolute atomic E-state index is 10.8. The Morgan fingerprint density at radius 2 is 2.26 bits per heavy atom. The van der Waals surface area contributed by atoms with Gasteiger partial charge >= 0.3 is 5.97 Å². The van der Waals surface area contributed by atoms with Gasteiger partial charge in [0.25, 0.3) is 0 Å². The fourth-order valence-corrected chi connectivity index (χ4v) is 2.87. The van der Waals surface area contributed by atoms with E-state index in [4.69, 9.17) is 5.11 Å². The number of nitrogens with zero attached hydrogens (tertiary/aromatic N) is 2. The van der Waals surface area contributed by atoms with Crippen molar-refractivity contribution in [2.45, 2.75) is 31.7 Å². The maximum atomic E-state index is 10.8. The SMILES string of the molecule is O=C(O)c1cn(CC2CCCc3ccccc32)cn1. The first-order chi connectivity index (χ1) is 9.24. The number of benzene rings is 1. The molecule has 0 spiro atoms. The number of carboxylic acid groups (broad SMARTS) is 1. The van der Waals surface area contributed by atoms with Crippen molar-refractivity contribution < 1.29 is 9.90 Å². The second-order valence-corrected chi connectivity index (χ2v) is 5.05. The molecule has 19 heavy (non-hydrogen) atoms. The number of imidazole rings is 1. The first kappa shape index (κ1) is 12.0. The van der Waals surface area contributed by atoms with Gasteiger partial charge in [0, 0.05) is 18.7 Å². The topological polar surface area (TPSA) is 55.1 Å². The molecule has 1 aromatic heterocycles. The standard InChI is InChI=1S/C15H16N2O2/c18-15(19)14-9-17(10-16-14)8-12-6-3-5-11-4-1-2-7-13(11)12/h1-2,4,7,9-10,12H,3,5-6,8H2,(H,18,19). The summed E-state index contributed by atoms with van der Waals surface area (Å²) in [6.45, 7) is 0.803. The van der Waals surface area contributed by atoms with Gasteiger partial charge in [-0.05, 0) is 30.4 Å². The highest BCUT2D eigenvalue weighted by molar-refractivity contribution is 5.84. The van der Waals surface area contributed by atoms with Crippen LogP contribution in [0.25, 0.3) is 0 Å². The molecule has 4 nitrogen and oxygen atoms in total. The smallest absolute Gasteiger partial charge is 0.356 e. The quantitative estimate of drug-likeness (QED) is 0.918. The molecule has 2 aromatic rings. The van der Waals surface area contributed by atoms with Gasteiger partial charge in [-0.2, -0.15) is 0 Å². The Morgan fingerprint density at radius 1 is 1.42 bits per heavy atom. The summed E-state index contributed by atoms with van der Waals surface area (Å²) in [6.07, 6.45) is 6.72. The second kappa shape index (κ2) is 4.88. The zero-order chi connectivity index (χ0) is 13.2. The van der Waals surface area contributed by atoms with E-state index in [0.717, 1.165) is 19.4 Å².